The zero-order valence-electron chi connectivity index (χ0n) is 9.36. The molecule has 0 N–H and O–H groups in total. The van der Waals surface area contributed by atoms with Gasteiger partial charge >= 0.3 is 12.1 Å². The standard InChI is InChI=1S/C11H15F3O2/c1-4-16-9(15)10(5-7(2)3)6-8(10)11(12,13)14/h8H,2,4-6H2,1,3H3/t8-,10-/m1/s1. The van der Waals surface area contributed by atoms with Crippen molar-refractivity contribution >= 4 is 5.97 Å². The lowest BCUT2D eigenvalue weighted by Crippen LogP contribution is -2.27. The first-order valence-corrected chi connectivity index (χ1v) is 5.12. The van der Waals surface area contributed by atoms with Gasteiger partial charge in [0.25, 0.3) is 0 Å². The molecule has 1 fully saturated rings. The highest BCUT2D eigenvalue weighted by atomic mass is 19.4. The van der Waals surface area contributed by atoms with Crippen LogP contribution in [0.15, 0.2) is 12.2 Å². The maximum absolute atomic E-state index is 12.5. The second-order valence-corrected chi connectivity index (χ2v) is 4.31. The molecule has 0 heterocycles. The van der Waals surface area contributed by atoms with Crippen molar-refractivity contribution in [1.29, 1.82) is 0 Å². The Hall–Kier alpha value is -1.00. The summed E-state index contributed by atoms with van der Waals surface area (Å²) in [5, 5.41) is 0. The SMILES string of the molecule is C=C(C)C[C@@]1(C(=O)OCC)C[C@H]1C(F)(F)F. The second-order valence-electron chi connectivity index (χ2n) is 4.31. The number of halogens is 3. The van der Waals surface area contributed by atoms with E-state index in [4.69, 9.17) is 4.74 Å². The smallest absolute Gasteiger partial charge is 0.392 e. The Morgan fingerprint density at radius 2 is 2.12 bits per heavy atom. The quantitative estimate of drug-likeness (QED) is 0.554. The molecule has 1 rings (SSSR count). The van der Waals surface area contributed by atoms with E-state index in [9.17, 15) is 18.0 Å². The van der Waals surface area contributed by atoms with Gasteiger partial charge in [-0.05, 0) is 26.7 Å². The summed E-state index contributed by atoms with van der Waals surface area (Å²) in [6.07, 6.45) is -4.46. The lowest BCUT2D eigenvalue weighted by Gasteiger charge is -2.17. The molecule has 0 amide bonds. The zero-order chi connectivity index (χ0) is 12.6. The van der Waals surface area contributed by atoms with Gasteiger partial charge in [0, 0.05) is 0 Å². The number of alkyl halides is 3. The van der Waals surface area contributed by atoms with Crippen LogP contribution < -0.4 is 0 Å². The highest BCUT2D eigenvalue weighted by Crippen LogP contribution is 2.63. The minimum absolute atomic E-state index is 0.0516. The van der Waals surface area contributed by atoms with Gasteiger partial charge < -0.3 is 4.74 Å². The normalized spacial score (nSPS) is 28.7. The van der Waals surface area contributed by atoms with Crippen LogP contribution in [0.1, 0.15) is 26.7 Å². The molecule has 0 radical (unpaired) electrons. The van der Waals surface area contributed by atoms with E-state index < -0.39 is 23.5 Å². The molecule has 0 bridgehead atoms. The fraction of sp³-hybridized carbons (Fsp3) is 0.727. The van der Waals surface area contributed by atoms with Gasteiger partial charge in [0.1, 0.15) is 0 Å². The molecule has 1 saturated carbocycles. The number of allylic oxidation sites excluding steroid dienone is 1. The number of carbonyl (C=O) groups is 1. The Balaban J connectivity index is 2.83. The van der Waals surface area contributed by atoms with Crippen LogP contribution in [-0.2, 0) is 9.53 Å². The van der Waals surface area contributed by atoms with E-state index in [1.54, 1.807) is 13.8 Å². The van der Waals surface area contributed by atoms with E-state index >= 15 is 0 Å². The van der Waals surface area contributed by atoms with Crippen molar-refractivity contribution in [2.45, 2.75) is 32.9 Å². The lowest BCUT2D eigenvalue weighted by atomic mass is 9.95. The van der Waals surface area contributed by atoms with Crippen LogP contribution in [-0.4, -0.2) is 18.8 Å². The molecule has 2 atom stereocenters. The Kier molecular flexibility index (Phi) is 3.35. The van der Waals surface area contributed by atoms with Crippen LogP contribution in [0.2, 0.25) is 0 Å². The van der Waals surface area contributed by atoms with Gasteiger partial charge in [0.05, 0.1) is 17.9 Å². The fourth-order valence-electron chi connectivity index (χ4n) is 2.04. The Morgan fingerprint density at radius 3 is 2.44 bits per heavy atom. The van der Waals surface area contributed by atoms with Crippen molar-refractivity contribution in [3.63, 3.8) is 0 Å². The second kappa shape index (κ2) is 4.11. The summed E-state index contributed by atoms with van der Waals surface area (Å²) in [7, 11) is 0. The van der Waals surface area contributed by atoms with Gasteiger partial charge in [-0.15, -0.1) is 6.58 Å². The summed E-state index contributed by atoms with van der Waals surface area (Å²) in [6.45, 7) is 6.86. The van der Waals surface area contributed by atoms with Crippen LogP contribution >= 0.6 is 0 Å². The molecular formula is C11H15F3O2. The van der Waals surface area contributed by atoms with Crippen molar-refractivity contribution in [3.05, 3.63) is 12.2 Å². The topological polar surface area (TPSA) is 26.3 Å². The van der Waals surface area contributed by atoms with Crippen molar-refractivity contribution in [2.24, 2.45) is 11.3 Å². The maximum atomic E-state index is 12.5. The first-order chi connectivity index (χ1) is 7.24. The van der Waals surface area contributed by atoms with Crippen LogP contribution in [0.5, 0.6) is 0 Å². The Morgan fingerprint density at radius 1 is 1.56 bits per heavy atom. The maximum Gasteiger partial charge on any atom is 0.392 e. The van der Waals surface area contributed by atoms with E-state index in [1.165, 1.54) is 0 Å². The number of esters is 1. The summed E-state index contributed by atoms with van der Waals surface area (Å²) in [5.74, 6) is -2.32. The number of hydrogen-bond acceptors (Lipinski definition) is 2. The van der Waals surface area contributed by atoms with Crippen molar-refractivity contribution < 1.29 is 22.7 Å². The van der Waals surface area contributed by atoms with Gasteiger partial charge in [-0.25, -0.2) is 0 Å². The van der Waals surface area contributed by atoms with Gasteiger partial charge in [-0.2, -0.15) is 13.2 Å². The molecule has 0 aromatic heterocycles. The van der Waals surface area contributed by atoms with Crippen LogP contribution in [0, 0.1) is 11.3 Å². The van der Waals surface area contributed by atoms with E-state index in [0.717, 1.165) is 0 Å². The fourth-order valence-corrected chi connectivity index (χ4v) is 2.04. The Labute approximate surface area is 92.5 Å². The molecule has 16 heavy (non-hydrogen) atoms. The van der Waals surface area contributed by atoms with Crippen molar-refractivity contribution in [1.82, 2.24) is 0 Å². The minimum Gasteiger partial charge on any atom is -0.466 e. The monoisotopic (exact) mass is 236 g/mol. The molecule has 1 aliphatic rings. The number of rotatable bonds is 4. The highest BCUT2D eigenvalue weighted by Gasteiger charge is 2.71. The number of carbonyl (C=O) groups excluding carboxylic acids is 1. The van der Waals surface area contributed by atoms with Crippen LogP contribution in [0.3, 0.4) is 0 Å². The van der Waals surface area contributed by atoms with Gasteiger partial charge in [-0.1, -0.05) is 5.57 Å². The molecule has 92 valence electrons. The molecular weight excluding hydrogens is 221 g/mol. The molecule has 2 nitrogen and oxygen atoms in total. The third-order valence-corrected chi connectivity index (χ3v) is 2.77. The molecule has 0 aliphatic heterocycles. The van der Waals surface area contributed by atoms with Gasteiger partial charge in [0.15, 0.2) is 0 Å². The molecule has 5 heteroatoms. The molecule has 0 aromatic rings. The lowest BCUT2D eigenvalue weighted by molar-refractivity contribution is -0.171. The third-order valence-electron chi connectivity index (χ3n) is 2.77. The summed E-state index contributed by atoms with van der Waals surface area (Å²) in [4.78, 5) is 11.6. The molecule has 0 unspecified atom stereocenters. The predicted molar refractivity (Wildman–Crippen MR) is 52.7 cm³/mol. The molecule has 0 aromatic carbocycles. The molecule has 1 aliphatic carbocycles. The number of hydrogen-bond donors (Lipinski definition) is 0. The average Bonchev–Trinajstić information content (AvgIpc) is 2.79. The summed E-state index contributed by atoms with van der Waals surface area (Å²) in [5.41, 5.74) is -0.833. The van der Waals surface area contributed by atoms with Crippen molar-refractivity contribution in [3.8, 4) is 0 Å². The van der Waals surface area contributed by atoms with E-state index in [-0.39, 0.29) is 19.4 Å². The molecule has 0 spiro atoms. The minimum atomic E-state index is -4.33. The van der Waals surface area contributed by atoms with Gasteiger partial charge in [0.2, 0.25) is 0 Å². The van der Waals surface area contributed by atoms with E-state index in [2.05, 4.69) is 6.58 Å². The first-order valence-electron chi connectivity index (χ1n) is 5.12. The molecule has 0 saturated heterocycles. The summed E-state index contributed by atoms with van der Waals surface area (Å²) in [6, 6.07) is 0. The predicted octanol–water partition coefficient (Wildman–Crippen LogP) is 3.08. The Bertz CT molecular complexity index is 309. The summed E-state index contributed by atoms with van der Waals surface area (Å²) >= 11 is 0. The number of ether oxygens (including phenoxy) is 1. The van der Waals surface area contributed by atoms with Crippen molar-refractivity contribution in [2.75, 3.05) is 6.61 Å². The van der Waals surface area contributed by atoms with E-state index in [0.29, 0.717) is 5.57 Å². The van der Waals surface area contributed by atoms with Crippen LogP contribution in [0.25, 0.3) is 0 Å². The van der Waals surface area contributed by atoms with Gasteiger partial charge in [-0.3, -0.25) is 4.79 Å². The third kappa shape index (κ3) is 2.39. The summed E-state index contributed by atoms with van der Waals surface area (Å²) < 4.78 is 42.4. The average molecular weight is 236 g/mol. The zero-order valence-corrected chi connectivity index (χ0v) is 9.36. The largest absolute Gasteiger partial charge is 0.466 e. The van der Waals surface area contributed by atoms with E-state index in [1.807, 2.05) is 0 Å². The first kappa shape index (κ1) is 13.1. The van der Waals surface area contributed by atoms with Crippen LogP contribution in [0.4, 0.5) is 13.2 Å². The highest BCUT2D eigenvalue weighted by molar-refractivity contribution is 5.81.